The number of nitrogens with two attached hydrogens (primary N) is 1. The number of nitro groups is 1. The first-order chi connectivity index (χ1) is 10.7. The lowest BCUT2D eigenvalue weighted by atomic mass is 9.98. The van der Waals surface area contributed by atoms with E-state index in [4.69, 9.17) is 5.73 Å². The van der Waals surface area contributed by atoms with Crippen molar-refractivity contribution in [2.45, 2.75) is 37.6 Å². The van der Waals surface area contributed by atoms with Crippen molar-refractivity contribution in [2.75, 3.05) is 13.1 Å². The minimum absolute atomic E-state index is 0. The summed E-state index contributed by atoms with van der Waals surface area (Å²) in [5.74, 6) is 0.506. The number of benzene rings is 1. The van der Waals surface area contributed by atoms with Crippen LogP contribution >= 0.6 is 12.4 Å². The zero-order valence-electron chi connectivity index (χ0n) is 13.6. The highest BCUT2D eigenvalue weighted by Gasteiger charge is 2.45. The molecule has 3 atom stereocenters. The summed E-state index contributed by atoms with van der Waals surface area (Å²) in [5, 5.41) is 11.1. The van der Waals surface area contributed by atoms with E-state index in [9.17, 15) is 18.5 Å². The van der Waals surface area contributed by atoms with Gasteiger partial charge in [-0.15, -0.1) is 12.4 Å². The minimum atomic E-state index is -3.73. The first kappa shape index (κ1) is 19.1. The van der Waals surface area contributed by atoms with Crippen molar-refractivity contribution in [1.29, 1.82) is 0 Å². The topological polar surface area (TPSA) is 107 Å². The number of nitrogens with zero attached hydrogens (tertiary/aromatic N) is 2. The van der Waals surface area contributed by atoms with E-state index in [2.05, 4.69) is 0 Å². The van der Waals surface area contributed by atoms with Crippen LogP contribution in [-0.4, -0.2) is 36.8 Å². The zero-order chi connectivity index (χ0) is 16.9. The van der Waals surface area contributed by atoms with Gasteiger partial charge in [-0.2, -0.15) is 4.31 Å². The Labute approximate surface area is 147 Å². The fourth-order valence-corrected chi connectivity index (χ4v) is 5.66. The molecule has 9 heteroatoms. The molecule has 0 amide bonds. The van der Waals surface area contributed by atoms with Gasteiger partial charge in [-0.3, -0.25) is 10.1 Å². The molecule has 24 heavy (non-hydrogen) atoms. The maximum Gasteiger partial charge on any atom is 0.273 e. The average molecular weight is 376 g/mol. The maximum absolute atomic E-state index is 12.9. The van der Waals surface area contributed by atoms with Gasteiger partial charge in [-0.25, -0.2) is 8.42 Å². The Bertz CT molecular complexity index is 768. The summed E-state index contributed by atoms with van der Waals surface area (Å²) in [4.78, 5) is 10.6. The van der Waals surface area contributed by atoms with Crippen molar-refractivity contribution in [3.63, 3.8) is 0 Å². The van der Waals surface area contributed by atoms with E-state index in [1.807, 2.05) is 0 Å². The van der Waals surface area contributed by atoms with Crippen LogP contribution in [-0.2, 0) is 10.0 Å². The Morgan fingerprint density at radius 3 is 2.46 bits per heavy atom. The summed E-state index contributed by atoms with van der Waals surface area (Å²) < 4.78 is 27.3. The molecule has 134 valence electrons. The number of rotatable bonds is 3. The molecule has 2 fully saturated rings. The molecule has 2 aliphatic rings. The third kappa shape index (κ3) is 3.03. The highest BCUT2D eigenvalue weighted by atomic mass is 35.5. The van der Waals surface area contributed by atoms with Crippen LogP contribution in [0.15, 0.2) is 17.0 Å². The number of hydrogen-bond acceptors (Lipinski definition) is 5. The SMILES string of the molecule is Cc1cc(C)c(S(=O)(=O)N2CC3CCC(N)C3C2)cc1[N+](=O)[O-].Cl. The second kappa shape index (κ2) is 6.59. The molecule has 0 radical (unpaired) electrons. The Kier molecular flexibility index (Phi) is 5.25. The van der Waals surface area contributed by atoms with Crippen LogP contribution in [0, 0.1) is 35.8 Å². The van der Waals surface area contributed by atoms with E-state index < -0.39 is 14.9 Å². The van der Waals surface area contributed by atoms with Gasteiger partial charge in [0.2, 0.25) is 10.0 Å². The maximum atomic E-state index is 12.9. The Morgan fingerprint density at radius 2 is 1.88 bits per heavy atom. The van der Waals surface area contributed by atoms with Gasteiger partial charge in [-0.05, 0) is 50.2 Å². The van der Waals surface area contributed by atoms with Gasteiger partial charge < -0.3 is 5.73 Å². The van der Waals surface area contributed by atoms with Crippen molar-refractivity contribution in [3.8, 4) is 0 Å². The normalized spacial score (nSPS) is 26.9. The van der Waals surface area contributed by atoms with Gasteiger partial charge in [0.15, 0.2) is 0 Å². The first-order valence-electron chi connectivity index (χ1n) is 7.73. The molecule has 7 nitrogen and oxygen atoms in total. The molecule has 0 bridgehead atoms. The van der Waals surface area contributed by atoms with Gasteiger partial charge in [0.05, 0.1) is 9.82 Å². The summed E-state index contributed by atoms with van der Waals surface area (Å²) >= 11 is 0. The second-order valence-corrected chi connectivity index (χ2v) is 8.55. The number of fused-ring (bicyclic) bond motifs is 1. The summed E-state index contributed by atoms with van der Waals surface area (Å²) in [7, 11) is -3.73. The predicted octanol–water partition coefficient (Wildman–Crippen LogP) is 1.99. The number of aryl methyl sites for hydroxylation is 2. The van der Waals surface area contributed by atoms with Crippen molar-refractivity contribution < 1.29 is 13.3 Å². The Balaban J connectivity index is 0.00000208. The molecular weight excluding hydrogens is 354 g/mol. The van der Waals surface area contributed by atoms with E-state index in [0.29, 0.717) is 30.1 Å². The molecule has 1 aromatic carbocycles. The molecule has 2 N–H and O–H groups in total. The minimum Gasteiger partial charge on any atom is -0.327 e. The predicted molar refractivity (Wildman–Crippen MR) is 92.8 cm³/mol. The summed E-state index contributed by atoms with van der Waals surface area (Å²) in [5.41, 5.74) is 6.91. The zero-order valence-corrected chi connectivity index (χ0v) is 15.3. The van der Waals surface area contributed by atoms with Crippen molar-refractivity contribution in [3.05, 3.63) is 33.4 Å². The summed E-state index contributed by atoms with van der Waals surface area (Å²) in [6, 6.07) is 2.80. The molecule has 1 aromatic rings. The lowest BCUT2D eigenvalue weighted by Crippen LogP contribution is -2.33. The van der Waals surface area contributed by atoms with E-state index in [1.165, 1.54) is 10.4 Å². The molecule has 3 rings (SSSR count). The number of halogens is 1. The van der Waals surface area contributed by atoms with Gasteiger partial charge in [0, 0.05) is 30.8 Å². The number of sulfonamides is 1. The molecule has 1 heterocycles. The van der Waals surface area contributed by atoms with Gasteiger partial charge in [-0.1, -0.05) is 0 Å². The van der Waals surface area contributed by atoms with Crippen LogP contribution < -0.4 is 5.73 Å². The fourth-order valence-electron chi connectivity index (χ4n) is 3.90. The summed E-state index contributed by atoms with van der Waals surface area (Å²) in [6.07, 6.45) is 1.89. The van der Waals surface area contributed by atoms with Crippen molar-refractivity contribution in [1.82, 2.24) is 4.31 Å². The molecular formula is C15H22ClN3O4S. The first-order valence-corrected chi connectivity index (χ1v) is 9.17. The molecule has 1 aliphatic heterocycles. The fraction of sp³-hybridized carbons (Fsp3) is 0.600. The van der Waals surface area contributed by atoms with Gasteiger partial charge in [0.25, 0.3) is 5.69 Å². The second-order valence-electron chi connectivity index (χ2n) is 6.65. The van der Waals surface area contributed by atoms with E-state index in [0.717, 1.165) is 12.8 Å². The van der Waals surface area contributed by atoms with Gasteiger partial charge in [0.1, 0.15) is 0 Å². The highest BCUT2D eigenvalue weighted by Crippen LogP contribution is 2.40. The largest absolute Gasteiger partial charge is 0.327 e. The molecule has 0 aromatic heterocycles. The lowest BCUT2D eigenvalue weighted by Gasteiger charge is -2.20. The van der Waals surface area contributed by atoms with Crippen LogP contribution in [0.2, 0.25) is 0 Å². The summed E-state index contributed by atoms with van der Waals surface area (Å²) in [6.45, 7) is 4.16. The van der Waals surface area contributed by atoms with Crippen molar-refractivity contribution in [2.24, 2.45) is 17.6 Å². The number of hydrogen-bond donors (Lipinski definition) is 1. The quantitative estimate of drug-likeness (QED) is 0.642. The van der Waals surface area contributed by atoms with Crippen LogP contribution in [0.4, 0.5) is 5.69 Å². The van der Waals surface area contributed by atoms with Crippen LogP contribution in [0.25, 0.3) is 0 Å². The van der Waals surface area contributed by atoms with Crippen LogP contribution in [0.1, 0.15) is 24.0 Å². The van der Waals surface area contributed by atoms with Crippen LogP contribution in [0.5, 0.6) is 0 Å². The van der Waals surface area contributed by atoms with Crippen LogP contribution in [0.3, 0.4) is 0 Å². The third-order valence-corrected chi connectivity index (χ3v) is 7.16. The van der Waals surface area contributed by atoms with Crippen molar-refractivity contribution >= 4 is 28.1 Å². The Hall–Kier alpha value is -1.22. The standard InChI is InChI=1S/C15H21N3O4S.ClH/c1-9-5-10(2)15(6-14(9)18(19)20)23(21,22)17-7-11-3-4-13(16)12(11)8-17;/h5-6,11-13H,3-4,7-8,16H2,1-2H3;1H. The van der Waals surface area contributed by atoms with E-state index in [-0.39, 0.29) is 34.9 Å². The van der Waals surface area contributed by atoms with Gasteiger partial charge >= 0.3 is 0 Å². The number of nitro benzene ring substituents is 1. The monoisotopic (exact) mass is 375 g/mol. The average Bonchev–Trinajstić information content (AvgIpc) is 3.01. The van der Waals surface area contributed by atoms with E-state index in [1.54, 1.807) is 19.9 Å². The third-order valence-electron chi connectivity index (χ3n) is 5.19. The lowest BCUT2D eigenvalue weighted by molar-refractivity contribution is -0.385. The molecule has 1 saturated heterocycles. The van der Waals surface area contributed by atoms with E-state index >= 15 is 0 Å². The Morgan fingerprint density at radius 1 is 1.21 bits per heavy atom. The highest BCUT2D eigenvalue weighted by molar-refractivity contribution is 7.89. The molecule has 0 spiro atoms. The smallest absolute Gasteiger partial charge is 0.273 e. The molecule has 1 saturated carbocycles. The molecule has 1 aliphatic carbocycles. The molecule has 3 unspecified atom stereocenters.